The molecule has 0 amide bonds. The summed E-state index contributed by atoms with van der Waals surface area (Å²) < 4.78 is 69.1. The van der Waals surface area contributed by atoms with Crippen LogP contribution in [0, 0.1) is 0 Å². The lowest BCUT2D eigenvalue weighted by Gasteiger charge is -2.24. The van der Waals surface area contributed by atoms with E-state index in [-0.39, 0.29) is 16.8 Å². The van der Waals surface area contributed by atoms with E-state index >= 15 is 0 Å². The maximum Gasteiger partial charge on any atom is 0.416 e. The van der Waals surface area contributed by atoms with Gasteiger partial charge in [-0.3, -0.25) is 4.72 Å². The van der Waals surface area contributed by atoms with Gasteiger partial charge >= 0.3 is 6.18 Å². The van der Waals surface area contributed by atoms with Crippen LogP contribution >= 0.6 is 0 Å². The van der Waals surface area contributed by atoms with Crippen molar-refractivity contribution in [1.82, 2.24) is 15.3 Å². The van der Waals surface area contributed by atoms with Crippen molar-refractivity contribution in [1.29, 1.82) is 0 Å². The number of aromatic nitrogens is 2. The molecule has 190 valence electrons. The fourth-order valence-electron chi connectivity index (χ4n) is 4.52. The first-order valence-corrected chi connectivity index (χ1v) is 13.1. The van der Waals surface area contributed by atoms with Crippen LogP contribution in [-0.2, 0) is 16.2 Å². The van der Waals surface area contributed by atoms with Crippen molar-refractivity contribution in [3.63, 3.8) is 0 Å². The number of sulfonamides is 1. The Balaban J connectivity index is 1.62. The SMILES string of the molecule is CC1CC(c2cc(C(F)(F)F)ccc2-c2cccc3cc(S(=O)(=O)Nc4ccncn4)ccc23)=CCN1. The average Bonchev–Trinajstić information content (AvgIpc) is 2.87. The van der Waals surface area contributed by atoms with Gasteiger partial charge in [0.2, 0.25) is 0 Å². The van der Waals surface area contributed by atoms with Crippen molar-refractivity contribution in [3.05, 3.63) is 90.4 Å². The monoisotopic (exact) mass is 524 g/mol. The van der Waals surface area contributed by atoms with Gasteiger partial charge in [0.15, 0.2) is 0 Å². The molecule has 1 aliphatic rings. The van der Waals surface area contributed by atoms with Crippen LogP contribution in [0.25, 0.3) is 27.5 Å². The zero-order chi connectivity index (χ0) is 26.2. The average molecular weight is 525 g/mol. The van der Waals surface area contributed by atoms with Crippen LogP contribution in [0.3, 0.4) is 0 Å². The Morgan fingerprint density at radius 1 is 1.00 bits per heavy atom. The standard InChI is InChI=1S/C27H23F3N4O2S/c1-17-13-19(9-12-32-17)25-15-20(27(28,29)30)5-7-24(25)23-4-2-3-18-14-21(6-8-22(18)23)37(35,36)34-26-10-11-31-16-33-26/h2-11,14-17,32H,12-13H2,1H3,(H,31,33,34). The number of benzene rings is 3. The third kappa shape index (κ3) is 5.21. The van der Waals surface area contributed by atoms with E-state index in [2.05, 4.69) is 20.0 Å². The molecule has 1 aromatic heterocycles. The van der Waals surface area contributed by atoms with Gasteiger partial charge in [0.05, 0.1) is 10.5 Å². The lowest BCUT2D eigenvalue weighted by Crippen LogP contribution is -2.30. The number of hydrogen-bond acceptors (Lipinski definition) is 5. The minimum Gasteiger partial charge on any atom is -0.310 e. The molecule has 2 heterocycles. The second kappa shape index (κ2) is 9.60. The summed E-state index contributed by atoms with van der Waals surface area (Å²) >= 11 is 0. The van der Waals surface area contributed by atoms with E-state index in [0.29, 0.717) is 29.5 Å². The smallest absolute Gasteiger partial charge is 0.310 e. The molecule has 2 N–H and O–H groups in total. The number of rotatable bonds is 5. The van der Waals surface area contributed by atoms with E-state index < -0.39 is 21.8 Å². The first-order valence-electron chi connectivity index (χ1n) is 11.6. The number of alkyl halides is 3. The van der Waals surface area contributed by atoms with E-state index in [1.165, 1.54) is 42.9 Å². The molecule has 0 aliphatic carbocycles. The minimum absolute atomic E-state index is 0.0401. The van der Waals surface area contributed by atoms with Crippen molar-refractivity contribution in [2.45, 2.75) is 30.5 Å². The van der Waals surface area contributed by atoms with Crippen LogP contribution in [0.5, 0.6) is 0 Å². The van der Waals surface area contributed by atoms with Gasteiger partial charge in [-0.2, -0.15) is 13.2 Å². The molecule has 0 radical (unpaired) electrons. The van der Waals surface area contributed by atoms with Crippen LogP contribution in [0.4, 0.5) is 19.0 Å². The van der Waals surface area contributed by atoms with Crippen LogP contribution in [-0.4, -0.2) is 31.0 Å². The van der Waals surface area contributed by atoms with E-state index in [1.807, 2.05) is 19.1 Å². The lowest BCUT2D eigenvalue weighted by molar-refractivity contribution is -0.137. The summed E-state index contributed by atoms with van der Waals surface area (Å²) in [7, 11) is -3.92. The Bertz CT molecular complexity index is 1600. The summed E-state index contributed by atoms with van der Waals surface area (Å²) in [6, 6.07) is 15.5. The van der Waals surface area contributed by atoms with Gasteiger partial charge in [0, 0.05) is 18.8 Å². The van der Waals surface area contributed by atoms with Gasteiger partial charge in [0.1, 0.15) is 12.1 Å². The normalized spacial score (nSPS) is 16.4. The second-order valence-electron chi connectivity index (χ2n) is 8.89. The summed E-state index contributed by atoms with van der Waals surface area (Å²) in [5, 5.41) is 4.65. The predicted octanol–water partition coefficient (Wildman–Crippen LogP) is 5.88. The van der Waals surface area contributed by atoms with Crippen molar-refractivity contribution in [3.8, 4) is 11.1 Å². The molecule has 0 saturated heterocycles. The molecular formula is C27H23F3N4O2S. The predicted molar refractivity (Wildman–Crippen MR) is 137 cm³/mol. The molecule has 5 rings (SSSR count). The zero-order valence-electron chi connectivity index (χ0n) is 19.8. The molecule has 6 nitrogen and oxygen atoms in total. The molecule has 10 heteroatoms. The maximum atomic E-state index is 13.6. The quantitative estimate of drug-likeness (QED) is 0.341. The molecular weight excluding hydrogens is 501 g/mol. The van der Waals surface area contributed by atoms with E-state index in [9.17, 15) is 21.6 Å². The van der Waals surface area contributed by atoms with Gasteiger partial charge in [-0.15, -0.1) is 0 Å². The molecule has 4 aromatic rings. The highest BCUT2D eigenvalue weighted by atomic mass is 32.2. The molecule has 0 spiro atoms. The lowest BCUT2D eigenvalue weighted by atomic mass is 9.87. The number of halogens is 3. The second-order valence-corrected chi connectivity index (χ2v) is 10.6. The minimum atomic E-state index is -4.47. The Labute approximate surface area is 212 Å². The van der Waals surface area contributed by atoms with Crippen molar-refractivity contribution in [2.75, 3.05) is 11.3 Å². The summed E-state index contributed by atoms with van der Waals surface area (Å²) in [6.45, 7) is 2.57. The highest BCUT2D eigenvalue weighted by molar-refractivity contribution is 7.92. The van der Waals surface area contributed by atoms with Gasteiger partial charge in [-0.1, -0.05) is 36.4 Å². The molecule has 0 fully saturated rings. The van der Waals surface area contributed by atoms with E-state index in [0.717, 1.165) is 22.6 Å². The fraction of sp³-hybridized carbons (Fsp3) is 0.185. The fourth-order valence-corrected chi connectivity index (χ4v) is 5.56. The summed E-state index contributed by atoms with van der Waals surface area (Å²) in [5.41, 5.74) is 2.05. The highest BCUT2D eigenvalue weighted by Gasteiger charge is 2.32. The van der Waals surface area contributed by atoms with Gasteiger partial charge in [-0.05, 0) is 76.7 Å². The first-order chi connectivity index (χ1) is 17.6. The largest absolute Gasteiger partial charge is 0.416 e. The Kier molecular flexibility index (Phi) is 6.47. The number of fused-ring (bicyclic) bond motifs is 1. The molecule has 0 bridgehead atoms. The van der Waals surface area contributed by atoms with Crippen LogP contribution in [0.1, 0.15) is 24.5 Å². The number of anilines is 1. The highest BCUT2D eigenvalue weighted by Crippen LogP contribution is 2.40. The first kappa shape index (κ1) is 24.9. The Morgan fingerprint density at radius 2 is 1.84 bits per heavy atom. The van der Waals surface area contributed by atoms with Crippen molar-refractivity contribution >= 4 is 32.2 Å². The van der Waals surface area contributed by atoms with Crippen LogP contribution in [0.15, 0.2) is 84.2 Å². The number of hydrogen-bond donors (Lipinski definition) is 2. The summed E-state index contributed by atoms with van der Waals surface area (Å²) in [6.07, 6.45) is 0.720. The molecule has 1 atom stereocenters. The van der Waals surface area contributed by atoms with Crippen LogP contribution in [0.2, 0.25) is 0 Å². The van der Waals surface area contributed by atoms with E-state index in [4.69, 9.17) is 0 Å². The number of nitrogens with zero attached hydrogens (tertiary/aromatic N) is 2. The maximum absolute atomic E-state index is 13.6. The molecule has 37 heavy (non-hydrogen) atoms. The van der Waals surface area contributed by atoms with Crippen LogP contribution < -0.4 is 10.0 Å². The van der Waals surface area contributed by atoms with Crippen molar-refractivity contribution in [2.24, 2.45) is 0 Å². The van der Waals surface area contributed by atoms with Gasteiger partial charge in [0.25, 0.3) is 10.0 Å². The topological polar surface area (TPSA) is 84.0 Å². The molecule has 3 aromatic carbocycles. The molecule has 1 unspecified atom stereocenters. The van der Waals surface area contributed by atoms with E-state index in [1.54, 1.807) is 18.2 Å². The third-order valence-electron chi connectivity index (χ3n) is 6.31. The van der Waals surface area contributed by atoms with Gasteiger partial charge in [-0.25, -0.2) is 18.4 Å². The Morgan fingerprint density at radius 3 is 2.57 bits per heavy atom. The molecule has 1 aliphatic heterocycles. The molecule has 0 saturated carbocycles. The van der Waals surface area contributed by atoms with Gasteiger partial charge < -0.3 is 5.32 Å². The zero-order valence-corrected chi connectivity index (χ0v) is 20.6. The van der Waals surface area contributed by atoms with Crippen molar-refractivity contribution < 1.29 is 21.6 Å². The summed E-state index contributed by atoms with van der Waals surface area (Å²) in [5.74, 6) is 0.141. The Hall–Kier alpha value is -3.76. The summed E-state index contributed by atoms with van der Waals surface area (Å²) in [4.78, 5) is 7.71. The number of nitrogens with one attached hydrogen (secondary N) is 2. The third-order valence-corrected chi connectivity index (χ3v) is 7.66.